The monoisotopic (exact) mass is 454 g/mol. The quantitative estimate of drug-likeness (QED) is 0.344. The van der Waals surface area contributed by atoms with Gasteiger partial charge in [-0.05, 0) is 16.5 Å². The molecule has 0 saturated heterocycles. The molecule has 0 amide bonds. The molecule has 0 N–H and O–H groups in total. The van der Waals surface area contributed by atoms with Crippen LogP contribution in [-0.2, 0) is 27.1 Å². The Morgan fingerprint density at radius 3 is 1.44 bits per heavy atom. The van der Waals surface area contributed by atoms with Crippen LogP contribution in [0.5, 0.6) is 0 Å². The van der Waals surface area contributed by atoms with Crippen molar-refractivity contribution in [3.63, 3.8) is 0 Å². The molecule has 4 heteroatoms. The van der Waals surface area contributed by atoms with Crippen molar-refractivity contribution in [3.8, 4) is 0 Å². The predicted molar refractivity (Wildman–Crippen MR) is 98.2 cm³/mol. The van der Waals surface area contributed by atoms with E-state index in [0.29, 0.717) is 0 Å². The third-order valence-electron chi connectivity index (χ3n) is 4.95. The molecule has 0 nitrogen and oxygen atoms in total. The first-order valence-electron chi connectivity index (χ1n) is 8.37. The van der Waals surface area contributed by atoms with Crippen LogP contribution in [0.3, 0.4) is 0 Å². The molecule has 0 fully saturated rings. The number of allylic oxidation sites excluding steroid dienone is 4. The van der Waals surface area contributed by atoms with Gasteiger partial charge in [-0.1, -0.05) is 94.8 Å². The van der Waals surface area contributed by atoms with E-state index < -0.39 is 0 Å². The van der Waals surface area contributed by atoms with Gasteiger partial charge in [0.1, 0.15) is 0 Å². The Balaban J connectivity index is 0. The van der Waals surface area contributed by atoms with Gasteiger partial charge in [-0.2, -0.15) is 5.57 Å². The van der Waals surface area contributed by atoms with E-state index in [1.807, 2.05) is 0 Å². The summed E-state index contributed by atoms with van der Waals surface area (Å²) in [7, 11) is 0. The summed E-state index contributed by atoms with van der Waals surface area (Å²) in [6.07, 6.45) is 6.95. The normalized spacial score (nSPS) is 13.0. The Labute approximate surface area is 198 Å². The molecule has 27 heavy (non-hydrogen) atoms. The zero-order chi connectivity index (χ0) is 16.5. The molecule has 0 unspecified atom stereocenters. The zero-order valence-electron chi connectivity index (χ0n) is 16.2. The van der Waals surface area contributed by atoms with Gasteiger partial charge in [0.15, 0.2) is 0 Å². The van der Waals surface area contributed by atoms with Gasteiger partial charge in [-0.15, -0.1) is 0 Å². The van der Waals surface area contributed by atoms with E-state index in [1.54, 1.807) is 0 Å². The molecule has 1 aliphatic rings. The fourth-order valence-electron chi connectivity index (χ4n) is 4.05. The second-order valence-electron chi connectivity index (χ2n) is 7.43. The van der Waals surface area contributed by atoms with Crippen molar-refractivity contribution in [2.24, 2.45) is 5.41 Å². The zero-order valence-corrected chi connectivity index (χ0v) is 20.0. The number of halogens is 3. The molecule has 1 aliphatic carbocycles. The Hall–Kier alpha value is -0.496. The molecule has 3 rings (SSSR count). The maximum Gasteiger partial charge on any atom is 4.00 e. The SMILES string of the molecule is CC1=CCC(C(c2ccccc2)(c2ccccc2)C(C)(C)C)=[C-]1.[Cl-].[Cl-].[Cl-].[Ti+4]. The molecule has 0 saturated carbocycles. The van der Waals surface area contributed by atoms with E-state index in [1.165, 1.54) is 22.3 Å². The molecule has 0 spiro atoms. The Bertz CT molecular complexity index is 705. The minimum Gasteiger partial charge on any atom is -1.00 e. The first-order chi connectivity index (χ1) is 11.0. The van der Waals surface area contributed by atoms with Gasteiger partial charge in [0.25, 0.3) is 0 Å². The first kappa shape index (κ1) is 28.7. The molecule has 2 aromatic carbocycles. The standard InChI is InChI=1S/C23H25.3ClH.Ti/c1-18-15-16-21(17-18)23(22(2,3)4,19-11-7-5-8-12-19)20-13-9-6-10-14-20;;;;/h5-15H,16H2,1-4H3;3*1H;/q-1;;;;+4/p-3. The summed E-state index contributed by atoms with van der Waals surface area (Å²) >= 11 is 0. The third-order valence-corrected chi connectivity index (χ3v) is 4.95. The molecule has 142 valence electrons. The molecule has 0 bridgehead atoms. The average molecular weight is 456 g/mol. The molecule has 0 heterocycles. The minimum atomic E-state index is -0.163. The molecule has 0 aromatic heterocycles. The fraction of sp³-hybridized carbons (Fsp3) is 0.304. The number of rotatable bonds is 3. The van der Waals surface area contributed by atoms with E-state index >= 15 is 0 Å². The minimum absolute atomic E-state index is 0. The van der Waals surface area contributed by atoms with Crippen molar-refractivity contribution < 1.29 is 58.9 Å². The van der Waals surface area contributed by atoms with Crippen molar-refractivity contribution in [1.29, 1.82) is 0 Å². The molecule has 2 aromatic rings. The van der Waals surface area contributed by atoms with E-state index in [-0.39, 0.29) is 69.8 Å². The largest absolute Gasteiger partial charge is 4.00 e. The summed E-state index contributed by atoms with van der Waals surface area (Å²) < 4.78 is 0. The molecule has 0 atom stereocenters. The van der Waals surface area contributed by atoms with Gasteiger partial charge in [-0.25, -0.2) is 17.7 Å². The third kappa shape index (κ3) is 5.31. The van der Waals surface area contributed by atoms with Crippen LogP contribution in [-0.4, -0.2) is 0 Å². The average Bonchev–Trinajstić information content (AvgIpc) is 2.95. The molecular weight excluding hydrogens is 430 g/mol. The van der Waals surface area contributed by atoms with Crippen LogP contribution in [0.2, 0.25) is 0 Å². The summed E-state index contributed by atoms with van der Waals surface area (Å²) in [5.74, 6) is 0. The van der Waals surface area contributed by atoms with Gasteiger partial charge in [0, 0.05) is 5.41 Å². The van der Waals surface area contributed by atoms with Gasteiger partial charge in [0.2, 0.25) is 0 Å². The smallest absolute Gasteiger partial charge is 1.00 e. The van der Waals surface area contributed by atoms with Crippen molar-refractivity contribution in [1.82, 2.24) is 0 Å². The Kier molecular flexibility index (Phi) is 12.2. The second kappa shape index (κ2) is 11.5. The van der Waals surface area contributed by atoms with E-state index in [0.717, 1.165) is 6.42 Å². The van der Waals surface area contributed by atoms with Crippen LogP contribution in [0, 0.1) is 11.5 Å². The van der Waals surface area contributed by atoms with Crippen LogP contribution in [0.25, 0.3) is 0 Å². The maximum atomic E-state index is 3.68. The first-order valence-corrected chi connectivity index (χ1v) is 8.37. The van der Waals surface area contributed by atoms with Crippen LogP contribution < -0.4 is 37.2 Å². The summed E-state index contributed by atoms with van der Waals surface area (Å²) in [4.78, 5) is 0. The van der Waals surface area contributed by atoms with Gasteiger partial charge >= 0.3 is 21.7 Å². The van der Waals surface area contributed by atoms with Crippen molar-refractivity contribution in [3.05, 3.63) is 95.1 Å². The summed E-state index contributed by atoms with van der Waals surface area (Å²) in [5, 5.41) is 0. The number of hydrogen-bond acceptors (Lipinski definition) is 0. The fourth-order valence-corrected chi connectivity index (χ4v) is 4.05. The van der Waals surface area contributed by atoms with Crippen molar-refractivity contribution in [2.75, 3.05) is 0 Å². The van der Waals surface area contributed by atoms with Crippen LogP contribution in [0.1, 0.15) is 45.2 Å². The summed E-state index contributed by atoms with van der Waals surface area (Å²) in [5.41, 5.74) is 5.20. The van der Waals surface area contributed by atoms with Gasteiger partial charge < -0.3 is 37.2 Å². The predicted octanol–water partition coefficient (Wildman–Crippen LogP) is -2.89. The van der Waals surface area contributed by atoms with Crippen molar-refractivity contribution in [2.45, 2.75) is 39.5 Å². The Morgan fingerprint density at radius 1 is 0.741 bits per heavy atom. The number of hydrogen-bond donors (Lipinski definition) is 0. The van der Waals surface area contributed by atoms with Crippen molar-refractivity contribution >= 4 is 0 Å². The van der Waals surface area contributed by atoms with Crippen LogP contribution >= 0.6 is 0 Å². The summed E-state index contributed by atoms with van der Waals surface area (Å²) in [6.45, 7) is 9.18. The van der Waals surface area contributed by atoms with E-state index in [9.17, 15) is 0 Å². The van der Waals surface area contributed by atoms with E-state index in [2.05, 4.69) is 101 Å². The topological polar surface area (TPSA) is 0 Å². The summed E-state index contributed by atoms with van der Waals surface area (Å²) in [6, 6.07) is 21.8. The molecule has 0 aliphatic heterocycles. The van der Waals surface area contributed by atoms with Gasteiger partial charge in [-0.3, -0.25) is 0 Å². The maximum absolute atomic E-state index is 3.68. The number of benzene rings is 2. The van der Waals surface area contributed by atoms with Crippen LogP contribution in [0.4, 0.5) is 0 Å². The molecule has 0 radical (unpaired) electrons. The van der Waals surface area contributed by atoms with Crippen LogP contribution in [0.15, 0.2) is 77.9 Å². The molecular formula is C23H25Cl3Ti. The van der Waals surface area contributed by atoms with Gasteiger partial charge in [0.05, 0.1) is 0 Å². The Morgan fingerprint density at radius 2 is 1.15 bits per heavy atom. The second-order valence-corrected chi connectivity index (χ2v) is 7.43. The van der Waals surface area contributed by atoms with E-state index in [4.69, 9.17) is 0 Å².